The van der Waals surface area contributed by atoms with Crippen molar-refractivity contribution in [3.63, 3.8) is 0 Å². The van der Waals surface area contributed by atoms with Gasteiger partial charge in [-0.25, -0.2) is 18.1 Å². The summed E-state index contributed by atoms with van der Waals surface area (Å²) in [4.78, 5) is 19.0. The Balaban J connectivity index is 1.74. The summed E-state index contributed by atoms with van der Waals surface area (Å²) in [6.45, 7) is 1.98. The number of pyridine rings is 1. The number of nitrogens with one attached hydrogen (secondary N) is 2. The third-order valence-corrected chi connectivity index (χ3v) is 6.33. The molecule has 9 heteroatoms. The standard InChI is InChI=1S/C18H21ClN4O3S/c1-20-27(25,26)16-11-13(5-7-15(16)19)18(24)22-14-6-8-17(21-12-14)23-9-3-2-4-10-23/h5-8,11-12,20H,2-4,9-10H2,1H3,(H,22,24). The van der Waals surface area contributed by atoms with E-state index in [1.807, 2.05) is 6.07 Å². The van der Waals surface area contributed by atoms with Gasteiger partial charge in [-0.2, -0.15) is 0 Å². The van der Waals surface area contributed by atoms with E-state index in [9.17, 15) is 13.2 Å². The van der Waals surface area contributed by atoms with Gasteiger partial charge in [0, 0.05) is 18.7 Å². The van der Waals surface area contributed by atoms with Gasteiger partial charge in [0.2, 0.25) is 10.0 Å². The summed E-state index contributed by atoms with van der Waals surface area (Å²) < 4.78 is 26.2. The first-order valence-corrected chi connectivity index (χ1v) is 10.5. The second kappa shape index (κ2) is 8.24. The van der Waals surface area contributed by atoms with E-state index < -0.39 is 15.9 Å². The molecule has 1 aliphatic heterocycles. The predicted molar refractivity (Wildman–Crippen MR) is 106 cm³/mol. The third-order valence-electron chi connectivity index (χ3n) is 4.44. The van der Waals surface area contributed by atoms with Crippen LogP contribution in [0.3, 0.4) is 0 Å². The molecule has 1 fully saturated rings. The third kappa shape index (κ3) is 4.58. The summed E-state index contributed by atoms with van der Waals surface area (Å²) in [5.41, 5.74) is 0.724. The molecule has 0 radical (unpaired) electrons. The van der Waals surface area contributed by atoms with E-state index in [2.05, 4.69) is 19.9 Å². The smallest absolute Gasteiger partial charge is 0.255 e. The van der Waals surface area contributed by atoms with Gasteiger partial charge in [0.1, 0.15) is 10.7 Å². The van der Waals surface area contributed by atoms with E-state index in [0.717, 1.165) is 31.7 Å². The Kier molecular flexibility index (Phi) is 5.98. The van der Waals surface area contributed by atoms with Crippen LogP contribution in [0.4, 0.5) is 11.5 Å². The summed E-state index contributed by atoms with van der Waals surface area (Å²) in [6.07, 6.45) is 5.17. The fourth-order valence-corrected chi connectivity index (χ4v) is 4.18. The monoisotopic (exact) mass is 408 g/mol. The van der Waals surface area contributed by atoms with E-state index >= 15 is 0 Å². The molecule has 0 atom stereocenters. The van der Waals surface area contributed by atoms with Crippen molar-refractivity contribution in [1.29, 1.82) is 0 Å². The highest BCUT2D eigenvalue weighted by atomic mass is 35.5. The minimum absolute atomic E-state index is 0.0495. The zero-order chi connectivity index (χ0) is 19.4. The lowest BCUT2D eigenvalue weighted by molar-refractivity contribution is 0.102. The Morgan fingerprint density at radius 3 is 2.52 bits per heavy atom. The number of sulfonamides is 1. The van der Waals surface area contributed by atoms with Gasteiger partial charge in [0.25, 0.3) is 5.91 Å². The van der Waals surface area contributed by atoms with Gasteiger partial charge in [-0.05, 0) is 56.6 Å². The average Bonchev–Trinajstić information content (AvgIpc) is 2.69. The Hall–Kier alpha value is -2.16. The second-order valence-electron chi connectivity index (χ2n) is 6.26. The van der Waals surface area contributed by atoms with Crippen molar-refractivity contribution in [3.05, 3.63) is 47.1 Å². The second-order valence-corrected chi connectivity index (χ2v) is 8.52. The van der Waals surface area contributed by atoms with Crippen LogP contribution in [0.15, 0.2) is 41.4 Å². The van der Waals surface area contributed by atoms with Crippen LogP contribution in [0.5, 0.6) is 0 Å². The summed E-state index contributed by atoms with van der Waals surface area (Å²) in [5, 5.41) is 2.78. The number of carbonyl (C=O) groups excluding carboxylic acids is 1. The number of piperidine rings is 1. The van der Waals surface area contributed by atoms with E-state index in [1.54, 1.807) is 12.3 Å². The Bertz CT molecular complexity index is 926. The minimum Gasteiger partial charge on any atom is -0.357 e. The number of halogens is 1. The molecule has 0 bridgehead atoms. The topological polar surface area (TPSA) is 91.4 Å². The zero-order valence-corrected chi connectivity index (χ0v) is 16.5. The van der Waals surface area contributed by atoms with Gasteiger partial charge >= 0.3 is 0 Å². The maximum absolute atomic E-state index is 12.5. The van der Waals surface area contributed by atoms with Crippen LogP contribution >= 0.6 is 11.6 Å². The number of aromatic nitrogens is 1. The summed E-state index contributed by atoms with van der Waals surface area (Å²) in [6, 6.07) is 7.77. The van der Waals surface area contributed by atoms with Crippen LogP contribution in [-0.2, 0) is 10.0 Å². The molecule has 1 saturated heterocycles. The average molecular weight is 409 g/mol. The molecule has 1 amide bonds. The molecule has 0 unspecified atom stereocenters. The van der Waals surface area contributed by atoms with Gasteiger partial charge in [0.05, 0.1) is 16.9 Å². The molecule has 0 spiro atoms. The van der Waals surface area contributed by atoms with Crippen molar-refractivity contribution in [2.45, 2.75) is 24.2 Å². The quantitative estimate of drug-likeness (QED) is 0.793. The molecule has 7 nitrogen and oxygen atoms in total. The van der Waals surface area contributed by atoms with Crippen LogP contribution in [0.25, 0.3) is 0 Å². The van der Waals surface area contributed by atoms with Crippen LogP contribution < -0.4 is 14.9 Å². The Morgan fingerprint density at radius 1 is 1.15 bits per heavy atom. The Morgan fingerprint density at radius 2 is 1.89 bits per heavy atom. The minimum atomic E-state index is -3.76. The van der Waals surface area contributed by atoms with Gasteiger partial charge in [-0.1, -0.05) is 11.6 Å². The molecule has 27 heavy (non-hydrogen) atoms. The van der Waals surface area contributed by atoms with Gasteiger partial charge in [-0.3, -0.25) is 4.79 Å². The largest absolute Gasteiger partial charge is 0.357 e. The van der Waals surface area contributed by atoms with Crippen molar-refractivity contribution in [3.8, 4) is 0 Å². The lowest BCUT2D eigenvalue weighted by atomic mass is 10.1. The van der Waals surface area contributed by atoms with Crippen molar-refractivity contribution >= 4 is 39.0 Å². The van der Waals surface area contributed by atoms with E-state index in [-0.39, 0.29) is 15.5 Å². The molecule has 1 aromatic heterocycles. The number of hydrogen-bond acceptors (Lipinski definition) is 5. The molecule has 0 aliphatic carbocycles. The van der Waals surface area contributed by atoms with Crippen LogP contribution in [0, 0.1) is 0 Å². The Labute approximate surface area is 163 Å². The van der Waals surface area contributed by atoms with Crippen molar-refractivity contribution < 1.29 is 13.2 Å². The number of anilines is 2. The van der Waals surface area contributed by atoms with E-state index in [4.69, 9.17) is 11.6 Å². The number of benzene rings is 1. The zero-order valence-electron chi connectivity index (χ0n) is 14.9. The van der Waals surface area contributed by atoms with Crippen molar-refractivity contribution in [2.24, 2.45) is 0 Å². The molecular weight excluding hydrogens is 388 g/mol. The lowest BCUT2D eigenvalue weighted by Crippen LogP contribution is -2.30. The molecule has 1 aromatic carbocycles. The number of rotatable bonds is 5. The fourth-order valence-electron chi connectivity index (χ4n) is 2.93. The first-order valence-electron chi connectivity index (χ1n) is 8.66. The van der Waals surface area contributed by atoms with Crippen molar-refractivity contribution in [2.75, 3.05) is 30.4 Å². The predicted octanol–water partition coefficient (Wildman–Crippen LogP) is 2.89. The normalized spacial score (nSPS) is 14.8. The van der Waals surface area contributed by atoms with Gasteiger partial charge < -0.3 is 10.2 Å². The van der Waals surface area contributed by atoms with Crippen LogP contribution in [-0.4, -0.2) is 39.4 Å². The molecule has 2 aromatic rings. The van der Waals surface area contributed by atoms with Gasteiger partial charge in [-0.15, -0.1) is 0 Å². The molecular formula is C18H21ClN4O3S. The molecule has 2 heterocycles. The number of amides is 1. The summed E-state index contributed by atoms with van der Waals surface area (Å²) in [7, 11) is -2.47. The highest BCUT2D eigenvalue weighted by molar-refractivity contribution is 7.89. The fraction of sp³-hybridized carbons (Fsp3) is 0.333. The maximum atomic E-state index is 12.5. The van der Waals surface area contributed by atoms with Gasteiger partial charge in [0.15, 0.2) is 0 Å². The first-order chi connectivity index (χ1) is 12.9. The molecule has 2 N–H and O–H groups in total. The SMILES string of the molecule is CNS(=O)(=O)c1cc(C(=O)Nc2ccc(N3CCCCC3)nc2)ccc1Cl. The van der Waals surface area contributed by atoms with E-state index in [1.165, 1.54) is 31.7 Å². The number of carbonyl (C=O) groups is 1. The summed E-state index contributed by atoms with van der Waals surface area (Å²) >= 11 is 5.95. The molecule has 0 saturated carbocycles. The summed E-state index contributed by atoms with van der Waals surface area (Å²) in [5.74, 6) is 0.452. The van der Waals surface area contributed by atoms with Crippen LogP contribution in [0.2, 0.25) is 5.02 Å². The molecule has 144 valence electrons. The number of hydrogen-bond donors (Lipinski definition) is 2. The maximum Gasteiger partial charge on any atom is 0.255 e. The highest BCUT2D eigenvalue weighted by Gasteiger charge is 2.19. The molecule has 3 rings (SSSR count). The lowest BCUT2D eigenvalue weighted by Gasteiger charge is -2.27. The van der Waals surface area contributed by atoms with Crippen molar-refractivity contribution in [1.82, 2.24) is 9.71 Å². The molecule has 1 aliphatic rings. The van der Waals surface area contributed by atoms with Crippen LogP contribution in [0.1, 0.15) is 29.6 Å². The number of nitrogens with zero attached hydrogens (tertiary/aromatic N) is 2. The highest BCUT2D eigenvalue weighted by Crippen LogP contribution is 2.23. The first kappa shape index (κ1) is 19.6. The van der Waals surface area contributed by atoms with E-state index in [0.29, 0.717) is 5.69 Å².